The van der Waals surface area contributed by atoms with Crippen molar-refractivity contribution in [2.75, 3.05) is 0 Å². The van der Waals surface area contributed by atoms with Gasteiger partial charge in [-0.3, -0.25) is 0 Å². The van der Waals surface area contributed by atoms with Crippen molar-refractivity contribution in [1.82, 2.24) is 9.13 Å². The number of fused-ring (bicyclic) bond motifs is 6. The molecule has 7 rings (SSSR count). The van der Waals surface area contributed by atoms with E-state index in [1.165, 1.54) is 12.1 Å². The highest BCUT2D eigenvalue weighted by Crippen LogP contribution is 2.42. The fourth-order valence-electron chi connectivity index (χ4n) is 6.84. The summed E-state index contributed by atoms with van der Waals surface area (Å²) in [7, 11) is 0. The molecule has 0 radical (unpaired) electrons. The molecule has 2 heterocycles. The number of nitrogens with zero attached hydrogens (tertiary/aromatic N) is 2. The van der Waals surface area contributed by atoms with E-state index in [0.29, 0.717) is 0 Å². The molecule has 0 aliphatic carbocycles. The summed E-state index contributed by atoms with van der Waals surface area (Å²) in [4.78, 5) is 0. The Balaban J connectivity index is 1.44. The third-order valence-corrected chi connectivity index (χ3v) is 8.53. The summed E-state index contributed by atoms with van der Waals surface area (Å²) in [6, 6.07) is 25.3. The molecule has 0 unspecified atom stereocenters. The van der Waals surface area contributed by atoms with Gasteiger partial charge < -0.3 is 9.13 Å². The molecule has 0 saturated carbocycles. The lowest BCUT2D eigenvalue weighted by molar-refractivity contribution is 0.423. The summed E-state index contributed by atoms with van der Waals surface area (Å²) in [5.41, 5.74) is 1.79. The second kappa shape index (κ2) is 9.46. The highest BCUT2D eigenvalue weighted by atomic mass is 19.2. The van der Waals surface area contributed by atoms with Crippen LogP contribution in [0.5, 0.6) is 0 Å². The monoisotopic (exact) mass is 592 g/mol. The SMILES string of the molecule is CC(C)(C)n1c2ccccc2c2cc(-c3c(F)c(F)c(-c4ccc5c(c4)c4ccccc4n5C(C)(C)C)c(F)c3F)ccc21. The minimum atomic E-state index is -1.42. The Labute approximate surface area is 253 Å². The Morgan fingerprint density at radius 3 is 1.07 bits per heavy atom. The highest BCUT2D eigenvalue weighted by Gasteiger charge is 2.29. The molecule has 0 fully saturated rings. The molecule has 7 aromatic rings. The lowest BCUT2D eigenvalue weighted by atomic mass is 9.95. The number of aromatic nitrogens is 2. The third-order valence-electron chi connectivity index (χ3n) is 8.53. The molecular formula is C38H32F4N2. The highest BCUT2D eigenvalue weighted by molar-refractivity contribution is 6.10. The summed E-state index contributed by atoms with van der Waals surface area (Å²) in [5.74, 6) is -5.69. The van der Waals surface area contributed by atoms with E-state index in [4.69, 9.17) is 0 Å². The first-order chi connectivity index (χ1) is 20.8. The summed E-state index contributed by atoms with van der Waals surface area (Å²) >= 11 is 0. The zero-order valence-corrected chi connectivity index (χ0v) is 25.5. The van der Waals surface area contributed by atoms with Crippen molar-refractivity contribution in [2.24, 2.45) is 0 Å². The first-order valence-electron chi connectivity index (χ1n) is 14.7. The van der Waals surface area contributed by atoms with Crippen LogP contribution in [0.4, 0.5) is 17.6 Å². The fourth-order valence-corrected chi connectivity index (χ4v) is 6.84. The normalized spacial score (nSPS) is 12.8. The Bertz CT molecular complexity index is 2100. The topological polar surface area (TPSA) is 9.86 Å². The largest absolute Gasteiger partial charge is 0.335 e. The van der Waals surface area contributed by atoms with Gasteiger partial charge in [0, 0.05) is 54.7 Å². The zero-order valence-electron chi connectivity index (χ0n) is 25.5. The second-order valence-corrected chi connectivity index (χ2v) is 13.5. The average Bonchev–Trinajstić information content (AvgIpc) is 3.49. The van der Waals surface area contributed by atoms with E-state index < -0.39 is 34.4 Å². The molecule has 0 aliphatic rings. The first kappa shape index (κ1) is 28.2. The number of hydrogen-bond acceptors (Lipinski definition) is 0. The van der Waals surface area contributed by atoms with E-state index in [2.05, 4.69) is 50.7 Å². The van der Waals surface area contributed by atoms with Gasteiger partial charge in [-0.05, 0) is 89.1 Å². The molecule has 222 valence electrons. The fraction of sp³-hybridized carbons (Fsp3) is 0.211. The lowest BCUT2D eigenvalue weighted by Crippen LogP contribution is -2.21. The standard InChI is InChI=1S/C38H32F4N2/c1-37(2,3)43-27-13-9-7-11-23(27)25-19-21(15-17-29(25)43)31-33(39)35(41)32(36(42)34(31)40)22-16-18-30-26(20-22)24-12-8-10-14-28(24)44(30)38(4,5)6/h7-20H,1-6H3. The van der Waals surface area contributed by atoms with E-state index in [1.807, 2.05) is 48.5 Å². The van der Waals surface area contributed by atoms with Gasteiger partial charge in [0.25, 0.3) is 0 Å². The van der Waals surface area contributed by atoms with E-state index in [1.54, 1.807) is 24.3 Å². The average molecular weight is 593 g/mol. The molecule has 2 nitrogen and oxygen atoms in total. The molecule has 0 N–H and O–H groups in total. The summed E-state index contributed by atoms with van der Waals surface area (Å²) in [6.45, 7) is 12.5. The Hall–Kier alpha value is -4.58. The Morgan fingerprint density at radius 2 is 0.727 bits per heavy atom. The maximum Gasteiger partial charge on any atom is 0.170 e. The van der Waals surface area contributed by atoms with E-state index in [9.17, 15) is 0 Å². The molecule has 0 saturated heterocycles. The maximum atomic E-state index is 15.9. The molecule has 0 bridgehead atoms. The Morgan fingerprint density at radius 1 is 0.409 bits per heavy atom. The molecule has 5 aromatic carbocycles. The molecule has 2 aromatic heterocycles. The van der Waals surface area contributed by atoms with Gasteiger partial charge >= 0.3 is 0 Å². The minimum Gasteiger partial charge on any atom is -0.335 e. The van der Waals surface area contributed by atoms with Crippen LogP contribution in [0.2, 0.25) is 0 Å². The first-order valence-corrected chi connectivity index (χ1v) is 14.7. The van der Waals surface area contributed by atoms with Gasteiger partial charge in [0.2, 0.25) is 0 Å². The second-order valence-electron chi connectivity index (χ2n) is 13.5. The van der Waals surface area contributed by atoms with Crippen molar-refractivity contribution < 1.29 is 17.6 Å². The van der Waals surface area contributed by atoms with Crippen molar-refractivity contribution in [2.45, 2.75) is 52.6 Å². The van der Waals surface area contributed by atoms with Crippen LogP contribution >= 0.6 is 0 Å². The lowest BCUT2D eigenvalue weighted by Gasteiger charge is -2.24. The maximum absolute atomic E-state index is 15.9. The summed E-state index contributed by atoms with van der Waals surface area (Å²) in [6.07, 6.45) is 0. The summed E-state index contributed by atoms with van der Waals surface area (Å²) < 4.78 is 68.0. The van der Waals surface area contributed by atoms with Crippen LogP contribution in [0, 0.1) is 23.3 Å². The van der Waals surface area contributed by atoms with Crippen molar-refractivity contribution in [1.29, 1.82) is 0 Å². The smallest absolute Gasteiger partial charge is 0.170 e. The number of hydrogen-bond donors (Lipinski definition) is 0. The van der Waals surface area contributed by atoms with Crippen LogP contribution in [0.25, 0.3) is 65.9 Å². The molecular weight excluding hydrogens is 560 g/mol. The molecule has 0 atom stereocenters. The minimum absolute atomic E-state index is 0.0670. The van der Waals surface area contributed by atoms with Crippen LogP contribution in [-0.4, -0.2) is 9.13 Å². The van der Waals surface area contributed by atoms with E-state index in [-0.39, 0.29) is 22.2 Å². The molecule has 0 spiro atoms. The Kier molecular flexibility index (Phi) is 6.06. The van der Waals surface area contributed by atoms with Gasteiger partial charge in [-0.15, -0.1) is 0 Å². The van der Waals surface area contributed by atoms with E-state index >= 15 is 17.6 Å². The predicted molar refractivity (Wildman–Crippen MR) is 173 cm³/mol. The van der Waals surface area contributed by atoms with Crippen molar-refractivity contribution in [3.05, 3.63) is 108 Å². The number of rotatable bonds is 2. The van der Waals surface area contributed by atoms with Gasteiger partial charge in [0.1, 0.15) is 0 Å². The molecule has 0 amide bonds. The predicted octanol–water partition coefficient (Wildman–Crippen LogP) is 11.3. The van der Waals surface area contributed by atoms with Crippen molar-refractivity contribution in [3.63, 3.8) is 0 Å². The number of halogens is 4. The van der Waals surface area contributed by atoms with Crippen LogP contribution in [0.15, 0.2) is 84.9 Å². The van der Waals surface area contributed by atoms with Gasteiger partial charge in [-0.1, -0.05) is 48.5 Å². The van der Waals surface area contributed by atoms with Crippen LogP contribution in [0.3, 0.4) is 0 Å². The van der Waals surface area contributed by atoms with Gasteiger partial charge in [0.15, 0.2) is 23.3 Å². The van der Waals surface area contributed by atoms with Gasteiger partial charge in [-0.2, -0.15) is 0 Å². The van der Waals surface area contributed by atoms with Crippen LogP contribution < -0.4 is 0 Å². The van der Waals surface area contributed by atoms with Gasteiger partial charge in [0.05, 0.1) is 11.1 Å². The number of benzene rings is 5. The quantitative estimate of drug-likeness (QED) is 0.140. The van der Waals surface area contributed by atoms with Crippen LogP contribution in [-0.2, 0) is 11.1 Å². The molecule has 6 heteroatoms. The molecule has 44 heavy (non-hydrogen) atoms. The van der Waals surface area contributed by atoms with Crippen LogP contribution in [0.1, 0.15) is 41.5 Å². The zero-order chi connectivity index (χ0) is 31.3. The van der Waals surface area contributed by atoms with Gasteiger partial charge in [-0.25, -0.2) is 17.6 Å². The van der Waals surface area contributed by atoms with E-state index in [0.717, 1.165) is 43.6 Å². The third kappa shape index (κ3) is 4.00. The molecule has 0 aliphatic heterocycles. The van der Waals surface area contributed by atoms with Crippen molar-refractivity contribution in [3.8, 4) is 22.3 Å². The summed E-state index contributed by atoms with van der Waals surface area (Å²) in [5, 5.41) is 3.27. The van der Waals surface area contributed by atoms with Crippen molar-refractivity contribution >= 4 is 43.6 Å². The number of para-hydroxylation sites is 2.